The average Bonchev–Trinajstić information content (AvgIpc) is 2.85. The minimum absolute atomic E-state index is 0.119. The molecule has 7 nitrogen and oxygen atoms in total. The quantitative estimate of drug-likeness (QED) is 0.668. The number of fused-ring (bicyclic) bond motifs is 1. The van der Waals surface area contributed by atoms with Crippen LogP contribution < -0.4 is 11.0 Å². The first-order chi connectivity index (χ1) is 10.5. The molecule has 0 spiro atoms. The zero-order valence-corrected chi connectivity index (χ0v) is 12.4. The highest BCUT2D eigenvalue weighted by Crippen LogP contribution is 2.17. The summed E-state index contributed by atoms with van der Waals surface area (Å²) in [5, 5.41) is 12.6. The number of rotatable bonds is 3. The standard InChI is InChI=1S/C15H20N4O3/c1-9(19-6-2-3-11(20)8-19)14(21)16-10-4-5-12-13(7-10)18-15(22)17-12/h4-5,7,9,11,20H,2-3,6,8H2,1H3,(H,16,21)(H2,17,18,22). The Morgan fingerprint density at radius 2 is 2.18 bits per heavy atom. The van der Waals surface area contributed by atoms with Crippen LogP contribution in [0.25, 0.3) is 11.0 Å². The molecule has 1 aliphatic heterocycles. The van der Waals surface area contributed by atoms with E-state index >= 15 is 0 Å². The van der Waals surface area contributed by atoms with Crippen LogP contribution >= 0.6 is 0 Å². The van der Waals surface area contributed by atoms with E-state index in [0.29, 0.717) is 23.3 Å². The third-order valence-corrected chi connectivity index (χ3v) is 4.14. The average molecular weight is 304 g/mol. The van der Waals surface area contributed by atoms with Crippen molar-refractivity contribution in [2.45, 2.75) is 31.9 Å². The topological polar surface area (TPSA) is 101 Å². The molecule has 1 aromatic carbocycles. The maximum absolute atomic E-state index is 12.3. The lowest BCUT2D eigenvalue weighted by Gasteiger charge is -2.33. The van der Waals surface area contributed by atoms with Gasteiger partial charge in [-0.25, -0.2) is 4.79 Å². The van der Waals surface area contributed by atoms with Gasteiger partial charge in [-0.3, -0.25) is 9.69 Å². The van der Waals surface area contributed by atoms with Crippen LogP contribution in [-0.4, -0.2) is 51.1 Å². The van der Waals surface area contributed by atoms with Gasteiger partial charge < -0.3 is 20.4 Å². The van der Waals surface area contributed by atoms with E-state index in [0.717, 1.165) is 19.4 Å². The van der Waals surface area contributed by atoms with Crippen LogP contribution in [0, 0.1) is 0 Å². The smallest absolute Gasteiger partial charge is 0.323 e. The molecular formula is C15H20N4O3. The number of piperidine rings is 1. The van der Waals surface area contributed by atoms with Gasteiger partial charge >= 0.3 is 5.69 Å². The molecular weight excluding hydrogens is 284 g/mol. The van der Waals surface area contributed by atoms with Gasteiger partial charge in [0, 0.05) is 12.2 Å². The highest BCUT2D eigenvalue weighted by molar-refractivity contribution is 5.96. The molecule has 2 heterocycles. The molecule has 1 aliphatic rings. The van der Waals surface area contributed by atoms with Gasteiger partial charge in [0.15, 0.2) is 0 Å². The molecule has 1 amide bonds. The number of carbonyl (C=O) groups is 1. The van der Waals surface area contributed by atoms with Gasteiger partial charge in [-0.2, -0.15) is 0 Å². The van der Waals surface area contributed by atoms with E-state index in [1.54, 1.807) is 18.2 Å². The predicted molar refractivity (Wildman–Crippen MR) is 83.8 cm³/mol. The summed E-state index contributed by atoms with van der Waals surface area (Å²) < 4.78 is 0. The van der Waals surface area contributed by atoms with Gasteiger partial charge in [-0.15, -0.1) is 0 Å². The van der Waals surface area contributed by atoms with Gasteiger partial charge in [-0.05, 0) is 44.5 Å². The van der Waals surface area contributed by atoms with E-state index in [4.69, 9.17) is 0 Å². The Bertz CT molecular complexity index is 736. The molecule has 0 aliphatic carbocycles. The highest BCUT2D eigenvalue weighted by atomic mass is 16.3. The van der Waals surface area contributed by atoms with Crippen molar-refractivity contribution in [1.29, 1.82) is 0 Å². The fourth-order valence-electron chi connectivity index (χ4n) is 2.86. The molecule has 0 bridgehead atoms. The zero-order valence-electron chi connectivity index (χ0n) is 12.4. The lowest BCUT2D eigenvalue weighted by Crippen LogP contribution is -2.48. The first kappa shape index (κ1) is 14.8. The van der Waals surface area contributed by atoms with E-state index in [1.807, 2.05) is 11.8 Å². The number of nitrogens with one attached hydrogen (secondary N) is 3. The summed E-state index contributed by atoms with van der Waals surface area (Å²) in [4.78, 5) is 30.9. The number of hydrogen-bond acceptors (Lipinski definition) is 4. The Hall–Kier alpha value is -2.12. The summed E-state index contributed by atoms with van der Waals surface area (Å²) in [5.74, 6) is -0.119. The number of imidazole rings is 1. The van der Waals surface area contributed by atoms with Crippen LogP contribution in [0.4, 0.5) is 5.69 Å². The maximum atomic E-state index is 12.3. The number of aliphatic hydroxyl groups is 1. The fourth-order valence-corrected chi connectivity index (χ4v) is 2.86. The molecule has 2 unspecified atom stereocenters. The van der Waals surface area contributed by atoms with E-state index < -0.39 is 0 Å². The van der Waals surface area contributed by atoms with E-state index in [9.17, 15) is 14.7 Å². The molecule has 22 heavy (non-hydrogen) atoms. The Kier molecular flexibility index (Phi) is 4.00. The minimum atomic E-state index is -0.356. The van der Waals surface area contributed by atoms with Crippen molar-refractivity contribution in [3.05, 3.63) is 28.7 Å². The van der Waals surface area contributed by atoms with Crippen LogP contribution in [0.5, 0.6) is 0 Å². The number of aromatic amines is 2. The number of hydrogen-bond donors (Lipinski definition) is 4. The van der Waals surface area contributed by atoms with Gasteiger partial charge in [0.05, 0.1) is 23.2 Å². The van der Waals surface area contributed by atoms with Crippen molar-refractivity contribution in [2.24, 2.45) is 0 Å². The second-order valence-electron chi connectivity index (χ2n) is 5.80. The molecule has 118 valence electrons. The molecule has 7 heteroatoms. The molecule has 2 atom stereocenters. The lowest BCUT2D eigenvalue weighted by atomic mass is 10.1. The van der Waals surface area contributed by atoms with E-state index in [1.165, 1.54) is 0 Å². The second kappa shape index (κ2) is 5.94. The Morgan fingerprint density at radius 3 is 2.95 bits per heavy atom. The second-order valence-corrected chi connectivity index (χ2v) is 5.80. The van der Waals surface area contributed by atoms with Gasteiger partial charge in [-0.1, -0.05) is 0 Å². The van der Waals surface area contributed by atoms with E-state index in [2.05, 4.69) is 15.3 Å². The first-order valence-corrected chi connectivity index (χ1v) is 7.48. The summed E-state index contributed by atoms with van der Waals surface area (Å²) in [6, 6.07) is 4.92. The van der Waals surface area contributed by atoms with Gasteiger partial charge in [0.25, 0.3) is 0 Å². The fraction of sp³-hybridized carbons (Fsp3) is 0.467. The normalized spacial score (nSPS) is 20.9. The summed E-state index contributed by atoms with van der Waals surface area (Å²) in [6.45, 7) is 3.18. The zero-order chi connectivity index (χ0) is 15.7. The minimum Gasteiger partial charge on any atom is -0.392 e. The van der Waals surface area contributed by atoms with Crippen molar-refractivity contribution in [3.8, 4) is 0 Å². The Balaban J connectivity index is 1.70. The van der Waals surface area contributed by atoms with Crippen molar-refractivity contribution in [1.82, 2.24) is 14.9 Å². The third-order valence-electron chi connectivity index (χ3n) is 4.14. The lowest BCUT2D eigenvalue weighted by molar-refractivity contribution is -0.121. The number of β-amino-alcohol motifs (C(OH)–C–C–N with tert-alkyl or cyclic N) is 1. The summed E-state index contributed by atoms with van der Waals surface area (Å²) in [6.07, 6.45) is 1.34. The summed E-state index contributed by atoms with van der Waals surface area (Å²) in [5.41, 5.74) is 1.73. The maximum Gasteiger partial charge on any atom is 0.323 e. The van der Waals surface area contributed by atoms with Crippen molar-refractivity contribution >= 4 is 22.6 Å². The SMILES string of the molecule is CC(C(=O)Nc1ccc2[nH]c(=O)[nH]c2c1)N1CCCC(O)C1. The molecule has 4 N–H and O–H groups in total. The van der Waals surface area contributed by atoms with Crippen LogP contribution in [0.15, 0.2) is 23.0 Å². The van der Waals surface area contributed by atoms with Crippen LogP contribution in [0.2, 0.25) is 0 Å². The number of likely N-dealkylation sites (tertiary alicyclic amines) is 1. The number of H-pyrrole nitrogens is 2. The number of carbonyl (C=O) groups excluding carboxylic acids is 1. The number of aliphatic hydroxyl groups excluding tert-OH is 1. The van der Waals surface area contributed by atoms with Crippen molar-refractivity contribution < 1.29 is 9.90 Å². The molecule has 0 radical (unpaired) electrons. The first-order valence-electron chi connectivity index (χ1n) is 7.48. The molecule has 2 aromatic rings. The van der Waals surface area contributed by atoms with Crippen molar-refractivity contribution in [2.75, 3.05) is 18.4 Å². The van der Waals surface area contributed by atoms with Crippen LogP contribution in [0.1, 0.15) is 19.8 Å². The number of benzene rings is 1. The van der Waals surface area contributed by atoms with Gasteiger partial charge in [0.1, 0.15) is 0 Å². The number of amides is 1. The van der Waals surface area contributed by atoms with Crippen LogP contribution in [-0.2, 0) is 4.79 Å². The summed E-state index contributed by atoms with van der Waals surface area (Å²) >= 11 is 0. The molecule has 0 saturated carbocycles. The predicted octanol–water partition coefficient (Wildman–Crippen LogP) is 0.640. The molecule has 1 saturated heterocycles. The number of nitrogens with zero attached hydrogens (tertiary/aromatic N) is 1. The number of anilines is 1. The summed E-state index contributed by atoms with van der Waals surface area (Å²) in [7, 11) is 0. The largest absolute Gasteiger partial charge is 0.392 e. The van der Waals surface area contributed by atoms with Gasteiger partial charge in [0.2, 0.25) is 5.91 Å². The molecule has 1 fully saturated rings. The Labute approximate surface area is 127 Å². The molecule has 3 rings (SSSR count). The monoisotopic (exact) mass is 304 g/mol. The highest BCUT2D eigenvalue weighted by Gasteiger charge is 2.26. The van der Waals surface area contributed by atoms with Crippen molar-refractivity contribution in [3.63, 3.8) is 0 Å². The Morgan fingerprint density at radius 1 is 1.41 bits per heavy atom. The molecule has 1 aromatic heterocycles. The third kappa shape index (κ3) is 3.05. The van der Waals surface area contributed by atoms with Crippen LogP contribution in [0.3, 0.4) is 0 Å². The number of aromatic nitrogens is 2. The van der Waals surface area contributed by atoms with E-state index in [-0.39, 0.29) is 23.7 Å².